The first-order valence-corrected chi connectivity index (χ1v) is 8.88. The molecule has 2 aromatic rings. The largest absolute Gasteiger partial charge is 0.332 e. The maximum absolute atomic E-state index is 12.7. The topological polar surface area (TPSA) is 96.0 Å². The summed E-state index contributed by atoms with van der Waals surface area (Å²) in [7, 11) is -1.14. The highest BCUT2D eigenvalue weighted by atomic mass is 32.2. The Hall–Kier alpha value is -2.37. The van der Waals surface area contributed by atoms with Crippen LogP contribution in [0.5, 0.6) is 0 Å². The Kier molecular flexibility index (Phi) is 5.20. The van der Waals surface area contributed by atoms with Crippen LogP contribution in [0.4, 0.5) is 13.2 Å². The second-order valence-electron chi connectivity index (χ2n) is 5.38. The quantitative estimate of drug-likeness (QED) is 0.719. The number of nitrogens with zero attached hydrogens (tertiary/aromatic N) is 4. The van der Waals surface area contributed by atoms with Gasteiger partial charge in [0.1, 0.15) is 0 Å². The van der Waals surface area contributed by atoms with Crippen molar-refractivity contribution in [3.63, 3.8) is 0 Å². The monoisotopic (exact) mass is 380 g/mol. The summed E-state index contributed by atoms with van der Waals surface area (Å²) in [6.45, 7) is -0.185. The van der Waals surface area contributed by atoms with Gasteiger partial charge in [0.2, 0.25) is 0 Å². The first kappa shape index (κ1) is 19.0. The average molecular weight is 380 g/mol. The van der Waals surface area contributed by atoms with E-state index in [1.165, 1.54) is 25.0 Å². The molecule has 0 radical (unpaired) electrons. The number of aryl methyl sites for hydroxylation is 2. The number of halogens is 3. The van der Waals surface area contributed by atoms with Gasteiger partial charge in [0.25, 0.3) is 5.56 Å². The normalized spacial score (nSPS) is 11.9. The van der Waals surface area contributed by atoms with Crippen molar-refractivity contribution in [2.75, 3.05) is 11.5 Å². The van der Waals surface area contributed by atoms with Crippen molar-refractivity contribution in [1.82, 2.24) is 18.7 Å². The van der Waals surface area contributed by atoms with Crippen molar-refractivity contribution in [3.05, 3.63) is 39.1 Å². The molecule has 2 aromatic heterocycles. The van der Waals surface area contributed by atoms with Crippen LogP contribution in [-0.2, 0) is 30.5 Å². The van der Waals surface area contributed by atoms with Gasteiger partial charge >= 0.3 is 11.8 Å². The Morgan fingerprint density at radius 1 is 1.12 bits per heavy atom. The van der Waals surface area contributed by atoms with Gasteiger partial charge in [0.15, 0.2) is 26.8 Å². The summed E-state index contributed by atoms with van der Waals surface area (Å²) in [5.41, 5.74) is -1.08. The lowest BCUT2D eigenvalue weighted by Gasteiger charge is -2.07. The molecule has 2 rings (SSSR count). The second kappa shape index (κ2) is 6.86. The molecular formula is C13H15F3N4O4S. The van der Waals surface area contributed by atoms with Crippen molar-refractivity contribution in [2.24, 2.45) is 14.1 Å². The number of imidazole rings is 1. The number of hydrogen-bond acceptors (Lipinski definition) is 5. The van der Waals surface area contributed by atoms with Crippen LogP contribution in [-0.4, -0.2) is 38.6 Å². The van der Waals surface area contributed by atoms with Crippen LogP contribution in [0.25, 0.3) is 11.2 Å². The molecule has 0 saturated heterocycles. The van der Waals surface area contributed by atoms with Crippen LogP contribution in [0.3, 0.4) is 0 Å². The fourth-order valence-corrected chi connectivity index (χ4v) is 3.41. The van der Waals surface area contributed by atoms with E-state index in [-0.39, 0.29) is 17.7 Å². The van der Waals surface area contributed by atoms with Gasteiger partial charge in [-0.15, -0.1) is 0 Å². The van der Waals surface area contributed by atoms with Gasteiger partial charge < -0.3 is 4.57 Å². The number of rotatable bonds is 6. The van der Waals surface area contributed by atoms with Crippen molar-refractivity contribution in [3.8, 4) is 0 Å². The molecule has 0 bridgehead atoms. The summed E-state index contributed by atoms with van der Waals surface area (Å²) in [5, 5.41) is 0. The molecule has 25 heavy (non-hydrogen) atoms. The van der Waals surface area contributed by atoms with Crippen LogP contribution >= 0.6 is 0 Å². The molecule has 0 unspecified atom stereocenters. The lowest BCUT2D eigenvalue weighted by molar-refractivity contribution is 0.373. The van der Waals surface area contributed by atoms with Crippen molar-refractivity contribution in [2.45, 2.75) is 13.0 Å². The molecule has 0 aliphatic carbocycles. The molecule has 0 aromatic carbocycles. The molecule has 2 heterocycles. The third-order valence-corrected chi connectivity index (χ3v) is 5.33. The molecule has 0 spiro atoms. The van der Waals surface area contributed by atoms with E-state index >= 15 is 0 Å². The first-order valence-electron chi connectivity index (χ1n) is 7.06. The third-order valence-electron chi connectivity index (χ3n) is 3.70. The fraction of sp³-hybridized carbons (Fsp3) is 0.462. The summed E-state index contributed by atoms with van der Waals surface area (Å²) >= 11 is 0. The summed E-state index contributed by atoms with van der Waals surface area (Å²) in [6.07, 6.45) is -2.24. The van der Waals surface area contributed by atoms with Gasteiger partial charge in [0, 0.05) is 27.1 Å². The van der Waals surface area contributed by atoms with Crippen LogP contribution in [0, 0.1) is 0 Å². The van der Waals surface area contributed by atoms with E-state index in [9.17, 15) is 31.2 Å². The minimum atomic E-state index is -3.83. The predicted molar refractivity (Wildman–Crippen MR) is 83.8 cm³/mol. The molecule has 0 aliphatic rings. The molecule has 0 fully saturated rings. The summed E-state index contributed by atoms with van der Waals surface area (Å²) in [5.74, 6) is -3.04. The molecule has 0 aliphatic heterocycles. The van der Waals surface area contributed by atoms with Crippen molar-refractivity contribution in [1.29, 1.82) is 0 Å². The van der Waals surface area contributed by atoms with E-state index < -0.39 is 50.9 Å². The van der Waals surface area contributed by atoms with E-state index in [1.54, 1.807) is 0 Å². The smallest absolute Gasteiger partial charge is 0.324 e. The van der Waals surface area contributed by atoms with Gasteiger partial charge in [-0.2, -0.15) is 8.78 Å². The highest BCUT2D eigenvalue weighted by Gasteiger charge is 2.18. The van der Waals surface area contributed by atoms with Crippen LogP contribution in [0.1, 0.15) is 6.42 Å². The molecule has 8 nitrogen and oxygen atoms in total. The average Bonchev–Trinajstić information content (AvgIpc) is 2.98. The zero-order chi connectivity index (χ0) is 18.9. The standard InChI is InChI=1S/C13H15F3N4O4S/c1-18-11-9(12(21)19(2)13(18)22)20(7-17-11)4-6-25(23,24)5-3-8(14)10(15)16/h7H,3-6H2,1-2H3. The number of allylic oxidation sites excluding steroid dienone is 1. The van der Waals surface area contributed by atoms with E-state index in [0.717, 1.165) is 9.13 Å². The minimum absolute atomic E-state index is 0.0423. The van der Waals surface area contributed by atoms with Gasteiger partial charge in [-0.25, -0.2) is 22.6 Å². The highest BCUT2D eigenvalue weighted by Crippen LogP contribution is 2.14. The van der Waals surface area contributed by atoms with E-state index in [0.29, 0.717) is 0 Å². The van der Waals surface area contributed by atoms with Gasteiger partial charge in [-0.05, 0) is 0 Å². The minimum Gasteiger partial charge on any atom is -0.324 e. The molecule has 0 N–H and O–H groups in total. The van der Waals surface area contributed by atoms with Crippen LogP contribution in [0.2, 0.25) is 0 Å². The molecular weight excluding hydrogens is 365 g/mol. The molecule has 0 amide bonds. The van der Waals surface area contributed by atoms with E-state index in [2.05, 4.69) is 4.98 Å². The number of hydrogen-bond donors (Lipinski definition) is 0. The molecule has 0 saturated carbocycles. The Morgan fingerprint density at radius 3 is 2.36 bits per heavy atom. The van der Waals surface area contributed by atoms with Gasteiger partial charge in [-0.1, -0.05) is 0 Å². The van der Waals surface area contributed by atoms with Crippen molar-refractivity contribution >= 4 is 21.0 Å². The molecule has 0 atom stereocenters. The highest BCUT2D eigenvalue weighted by molar-refractivity contribution is 7.91. The SMILES string of the molecule is Cn1c(=O)c2c(ncn2CCS(=O)(=O)CCC(F)=C(F)F)n(C)c1=O. The first-order chi connectivity index (χ1) is 11.5. The predicted octanol–water partition coefficient (Wildman–Crippen LogP) is 0.316. The maximum atomic E-state index is 12.7. The number of aromatic nitrogens is 4. The summed E-state index contributed by atoms with van der Waals surface area (Å²) in [4.78, 5) is 27.9. The Balaban J connectivity index is 2.26. The molecule has 138 valence electrons. The lowest BCUT2D eigenvalue weighted by atomic mass is 10.4. The number of sulfone groups is 1. The van der Waals surface area contributed by atoms with Crippen molar-refractivity contribution < 1.29 is 21.6 Å². The fourth-order valence-electron chi connectivity index (χ4n) is 2.25. The third kappa shape index (κ3) is 3.83. The lowest BCUT2D eigenvalue weighted by Crippen LogP contribution is -2.37. The summed E-state index contributed by atoms with van der Waals surface area (Å²) in [6, 6.07) is 0. The molecule has 12 heteroatoms. The van der Waals surface area contributed by atoms with Crippen LogP contribution < -0.4 is 11.2 Å². The zero-order valence-corrected chi connectivity index (χ0v) is 14.2. The van der Waals surface area contributed by atoms with E-state index in [1.807, 2.05) is 0 Å². The Bertz CT molecular complexity index is 1060. The number of fused-ring (bicyclic) bond motifs is 1. The maximum Gasteiger partial charge on any atom is 0.332 e. The Labute approximate surface area is 139 Å². The van der Waals surface area contributed by atoms with Gasteiger partial charge in [0.05, 0.1) is 17.8 Å². The van der Waals surface area contributed by atoms with Crippen LogP contribution in [0.15, 0.2) is 27.8 Å². The second-order valence-corrected chi connectivity index (χ2v) is 7.69. The summed E-state index contributed by atoms with van der Waals surface area (Å²) < 4.78 is 63.7. The van der Waals surface area contributed by atoms with Gasteiger partial charge in [-0.3, -0.25) is 13.9 Å². The van der Waals surface area contributed by atoms with E-state index in [4.69, 9.17) is 0 Å². The Morgan fingerprint density at radius 2 is 1.76 bits per heavy atom. The zero-order valence-electron chi connectivity index (χ0n) is 13.4.